The minimum Gasteiger partial charge on any atom is -0.347 e. The van der Waals surface area contributed by atoms with Crippen molar-refractivity contribution in [2.24, 2.45) is 0 Å². The number of hydrogen-bond acceptors (Lipinski definition) is 2. The van der Waals surface area contributed by atoms with E-state index in [1.54, 1.807) is 6.07 Å². The topological polar surface area (TPSA) is 58.2 Å². The number of aryl methyl sites for hydroxylation is 1. The van der Waals surface area contributed by atoms with E-state index in [-0.39, 0.29) is 23.8 Å². The molecule has 0 saturated heterocycles. The van der Waals surface area contributed by atoms with Crippen LogP contribution in [-0.4, -0.2) is 18.4 Å². The summed E-state index contributed by atoms with van der Waals surface area (Å²) in [7, 11) is 0. The number of carbonyl (C=O) groups excluding carboxylic acids is 2. The first-order chi connectivity index (χ1) is 12.3. The fraction of sp³-hybridized carbons (Fsp3) is 0.333. The fourth-order valence-electron chi connectivity index (χ4n) is 2.45. The summed E-state index contributed by atoms with van der Waals surface area (Å²) in [5.41, 5.74) is 3.20. The molecule has 2 amide bonds. The molecule has 5 heteroatoms. The number of hydrogen-bond donors (Lipinski definition) is 2. The summed E-state index contributed by atoms with van der Waals surface area (Å²) in [6, 6.07) is 15.7. The summed E-state index contributed by atoms with van der Waals surface area (Å²) < 4.78 is 0.804. The third kappa shape index (κ3) is 6.30. The van der Waals surface area contributed by atoms with Crippen molar-refractivity contribution < 1.29 is 9.59 Å². The van der Waals surface area contributed by atoms with Gasteiger partial charge in [-0.15, -0.1) is 0 Å². The maximum absolute atomic E-state index is 12.0. The Morgan fingerprint density at radius 1 is 0.962 bits per heavy atom. The molecule has 0 aromatic heterocycles. The van der Waals surface area contributed by atoms with Crippen molar-refractivity contribution in [1.82, 2.24) is 5.32 Å². The highest BCUT2D eigenvalue weighted by molar-refractivity contribution is 9.10. The van der Waals surface area contributed by atoms with Gasteiger partial charge in [-0.2, -0.15) is 0 Å². The Bertz CT molecular complexity index is 764. The molecule has 2 rings (SSSR count). The average molecular weight is 417 g/mol. The minimum atomic E-state index is -0.250. The molecule has 0 fully saturated rings. The molecule has 2 aromatic carbocycles. The van der Waals surface area contributed by atoms with E-state index in [9.17, 15) is 9.59 Å². The largest absolute Gasteiger partial charge is 0.347 e. The number of carbonyl (C=O) groups is 2. The quantitative estimate of drug-likeness (QED) is 0.731. The molecule has 0 spiro atoms. The summed E-state index contributed by atoms with van der Waals surface area (Å²) >= 11 is 3.37. The van der Waals surface area contributed by atoms with Crippen LogP contribution in [0.2, 0.25) is 0 Å². The first kappa shape index (κ1) is 20.2. The predicted octanol–water partition coefficient (Wildman–Crippen LogP) is 4.43. The van der Waals surface area contributed by atoms with Crippen LogP contribution in [0.3, 0.4) is 0 Å². The molecule has 0 aliphatic rings. The molecule has 0 aliphatic heterocycles. The van der Waals surface area contributed by atoms with Crippen LogP contribution in [-0.2, 0) is 21.4 Å². The Morgan fingerprint density at radius 3 is 2.23 bits per heavy atom. The molecule has 0 saturated carbocycles. The van der Waals surface area contributed by atoms with Crippen LogP contribution in [0.5, 0.6) is 0 Å². The molecule has 0 radical (unpaired) electrons. The van der Waals surface area contributed by atoms with Gasteiger partial charge in [-0.1, -0.05) is 57.2 Å². The summed E-state index contributed by atoms with van der Waals surface area (Å²) in [6.45, 7) is 6.49. The van der Waals surface area contributed by atoms with Gasteiger partial charge in [0.05, 0.1) is 12.2 Å². The van der Waals surface area contributed by atoms with Crippen molar-refractivity contribution in [1.29, 1.82) is 0 Å². The van der Waals surface area contributed by atoms with Gasteiger partial charge in [0.1, 0.15) is 0 Å². The van der Waals surface area contributed by atoms with Gasteiger partial charge in [0, 0.05) is 10.9 Å². The van der Waals surface area contributed by atoms with Crippen molar-refractivity contribution in [3.63, 3.8) is 0 Å². The summed E-state index contributed by atoms with van der Waals surface area (Å²) in [6.07, 6.45) is 1.01. The first-order valence-electron chi connectivity index (χ1n) is 8.66. The lowest BCUT2D eigenvalue weighted by Gasteiger charge is -2.19. The minimum absolute atomic E-state index is 0.0386. The SMILES string of the molecule is CC(C)(C)c1ccc(CCC(=O)NCC(=O)Nc2ccccc2Br)cc1. The molecule has 0 aliphatic carbocycles. The van der Waals surface area contributed by atoms with Crippen molar-refractivity contribution in [3.05, 3.63) is 64.1 Å². The van der Waals surface area contributed by atoms with Gasteiger partial charge in [-0.3, -0.25) is 9.59 Å². The van der Waals surface area contributed by atoms with Gasteiger partial charge in [-0.25, -0.2) is 0 Å². The zero-order chi connectivity index (χ0) is 19.2. The Morgan fingerprint density at radius 2 is 1.62 bits per heavy atom. The zero-order valence-electron chi connectivity index (χ0n) is 15.4. The van der Waals surface area contributed by atoms with Crippen molar-refractivity contribution in [2.45, 2.75) is 39.0 Å². The number of benzene rings is 2. The van der Waals surface area contributed by atoms with Crippen LogP contribution in [0.15, 0.2) is 53.0 Å². The van der Waals surface area contributed by atoms with E-state index in [2.05, 4.69) is 71.6 Å². The van der Waals surface area contributed by atoms with E-state index in [1.807, 2.05) is 18.2 Å². The molecule has 0 unspecified atom stereocenters. The number of amides is 2. The normalized spacial score (nSPS) is 11.1. The van der Waals surface area contributed by atoms with E-state index < -0.39 is 0 Å². The zero-order valence-corrected chi connectivity index (χ0v) is 17.0. The van der Waals surface area contributed by atoms with Gasteiger partial charge in [-0.05, 0) is 51.0 Å². The summed E-state index contributed by atoms with van der Waals surface area (Å²) in [4.78, 5) is 23.9. The van der Waals surface area contributed by atoms with E-state index in [0.717, 1.165) is 10.0 Å². The second kappa shape index (κ2) is 8.99. The highest BCUT2D eigenvalue weighted by Gasteiger charge is 2.13. The van der Waals surface area contributed by atoms with Gasteiger partial charge in [0.15, 0.2) is 0 Å². The summed E-state index contributed by atoms with van der Waals surface area (Å²) in [5, 5.41) is 5.42. The molecule has 0 bridgehead atoms. The lowest BCUT2D eigenvalue weighted by Crippen LogP contribution is -2.33. The van der Waals surface area contributed by atoms with Gasteiger partial charge in [0.25, 0.3) is 0 Å². The lowest BCUT2D eigenvalue weighted by atomic mass is 9.86. The number of para-hydroxylation sites is 1. The average Bonchev–Trinajstić information content (AvgIpc) is 2.60. The molecule has 0 atom stereocenters. The van der Waals surface area contributed by atoms with Crippen LogP contribution < -0.4 is 10.6 Å². The Balaban J connectivity index is 1.75. The lowest BCUT2D eigenvalue weighted by molar-refractivity contribution is -0.124. The molecule has 4 nitrogen and oxygen atoms in total. The van der Waals surface area contributed by atoms with E-state index in [0.29, 0.717) is 18.5 Å². The Kier molecular flexibility index (Phi) is 6.98. The molecule has 26 heavy (non-hydrogen) atoms. The summed E-state index contributed by atoms with van der Waals surface area (Å²) in [5.74, 6) is -0.382. The molecule has 2 N–H and O–H groups in total. The standard InChI is InChI=1S/C21H25BrN2O2/c1-21(2,3)16-11-8-15(9-12-16)10-13-19(25)23-14-20(26)24-18-7-5-4-6-17(18)22/h4-9,11-12H,10,13-14H2,1-3H3,(H,23,25)(H,24,26). The number of rotatable bonds is 6. The maximum atomic E-state index is 12.0. The smallest absolute Gasteiger partial charge is 0.243 e. The van der Waals surface area contributed by atoms with Gasteiger partial charge >= 0.3 is 0 Å². The first-order valence-corrected chi connectivity index (χ1v) is 9.45. The second-order valence-electron chi connectivity index (χ2n) is 7.25. The van der Waals surface area contributed by atoms with Crippen LogP contribution in [0.25, 0.3) is 0 Å². The van der Waals surface area contributed by atoms with Crippen LogP contribution in [0, 0.1) is 0 Å². The van der Waals surface area contributed by atoms with Crippen LogP contribution in [0.4, 0.5) is 5.69 Å². The van der Waals surface area contributed by atoms with E-state index in [4.69, 9.17) is 0 Å². The van der Waals surface area contributed by atoms with Crippen LogP contribution >= 0.6 is 15.9 Å². The number of anilines is 1. The second-order valence-corrected chi connectivity index (χ2v) is 8.11. The van der Waals surface area contributed by atoms with Crippen molar-refractivity contribution in [3.8, 4) is 0 Å². The molecular formula is C21H25BrN2O2. The van der Waals surface area contributed by atoms with Gasteiger partial charge in [0.2, 0.25) is 11.8 Å². The van der Waals surface area contributed by atoms with Crippen molar-refractivity contribution in [2.75, 3.05) is 11.9 Å². The number of halogens is 1. The predicted molar refractivity (Wildman–Crippen MR) is 109 cm³/mol. The van der Waals surface area contributed by atoms with E-state index >= 15 is 0 Å². The van der Waals surface area contributed by atoms with Crippen LogP contribution in [0.1, 0.15) is 38.3 Å². The molecule has 0 heterocycles. The van der Waals surface area contributed by atoms with Gasteiger partial charge < -0.3 is 10.6 Å². The Labute approximate surface area is 163 Å². The number of nitrogens with one attached hydrogen (secondary N) is 2. The fourth-order valence-corrected chi connectivity index (χ4v) is 2.84. The third-order valence-electron chi connectivity index (χ3n) is 4.05. The monoisotopic (exact) mass is 416 g/mol. The highest BCUT2D eigenvalue weighted by Crippen LogP contribution is 2.22. The third-order valence-corrected chi connectivity index (χ3v) is 4.75. The molecule has 2 aromatic rings. The molecular weight excluding hydrogens is 392 g/mol. The molecule has 138 valence electrons. The maximum Gasteiger partial charge on any atom is 0.243 e. The highest BCUT2D eigenvalue weighted by atomic mass is 79.9. The Hall–Kier alpha value is -2.14. The van der Waals surface area contributed by atoms with E-state index in [1.165, 1.54) is 5.56 Å². The van der Waals surface area contributed by atoms with Crippen molar-refractivity contribution >= 4 is 33.4 Å².